The van der Waals surface area contributed by atoms with Crippen LogP contribution in [0.25, 0.3) is 0 Å². The first kappa shape index (κ1) is 15.6. The lowest BCUT2D eigenvalue weighted by Crippen LogP contribution is -2.41. The average Bonchev–Trinajstić information content (AvgIpc) is 2.92. The van der Waals surface area contributed by atoms with E-state index in [1.54, 1.807) is 16.8 Å². The van der Waals surface area contributed by atoms with Crippen LogP contribution in [0.2, 0.25) is 0 Å². The van der Waals surface area contributed by atoms with Crippen LogP contribution in [0.4, 0.5) is 4.39 Å². The number of rotatable bonds is 7. The Morgan fingerprint density at radius 1 is 1.43 bits per heavy atom. The molecule has 0 radical (unpaired) electrons. The van der Waals surface area contributed by atoms with Crippen LogP contribution in [0.3, 0.4) is 0 Å². The van der Waals surface area contributed by atoms with E-state index in [1.165, 1.54) is 18.5 Å². The Hall–Kier alpha value is -1.79. The molecule has 1 unspecified atom stereocenters. The molecule has 0 aliphatic rings. The van der Waals surface area contributed by atoms with Gasteiger partial charge < -0.3 is 10.8 Å². The molecule has 1 atom stereocenters. The van der Waals surface area contributed by atoms with Gasteiger partial charge in [-0.05, 0) is 24.1 Å². The molecule has 0 fully saturated rings. The number of nitrogens with two attached hydrogens (primary N) is 1. The second-order valence-electron chi connectivity index (χ2n) is 5.23. The van der Waals surface area contributed by atoms with Crippen molar-refractivity contribution < 1.29 is 9.50 Å². The normalized spacial score (nSPS) is 14.1. The molecule has 114 valence electrons. The Kier molecular flexibility index (Phi) is 5.03. The second kappa shape index (κ2) is 6.78. The van der Waals surface area contributed by atoms with Crippen LogP contribution < -0.4 is 5.73 Å². The van der Waals surface area contributed by atoms with Gasteiger partial charge in [0, 0.05) is 24.9 Å². The maximum atomic E-state index is 13.5. The van der Waals surface area contributed by atoms with Crippen molar-refractivity contribution in [3.05, 3.63) is 47.8 Å². The van der Waals surface area contributed by atoms with Crippen molar-refractivity contribution in [3.8, 4) is 0 Å². The number of benzene rings is 1. The van der Waals surface area contributed by atoms with Gasteiger partial charge in [0.05, 0.1) is 6.61 Å². The summed E-state index contributed by atoms with van der Waals surface area (Å²) in [7, 11) is 0. The second-order valence-corrected chi connectivity index (χ2v) is 5.23. The van der Waals surface area contributed by atoms with Crippen LogP contribution >= 0.6 is 0 Å². The fraction of sp³-hybridized carbons (Fsp3) is 0.467. The van der Waals surface area contributed by atoms with E-state index in [4.69, 9.17) is 5.73 Å². The Balaban J connectivity index is 2.36. The summed E-state index contributed by atoms with van der Waals surface area (Å²) in [6.07, 6.45) is 2.85. The molecule has 0 aliphatic heterocycles. The molecule has 0 amide bonds. The molecule has 1 aromatic carbocycles. The Morgan fingerprint density at radius 3 is 2.86 bits per heavy atom. The zero-order valence-electron chi connectivity index (χ0n) is 12.2. The van der Waals surface area contributed by atoms with Gasteiger partial charge in [-0.3, -0.25) is 4.68 Å². The molecule has 1 aromatic heterocycles. The lowest BCUT2D eigenvalue weighted by atomic mass is 9.78. The first-order valence-corrected chi connectivity index (χ1v) is 7.09. The monoisotopic (exact) mass is 292 g/mol. The third-order valence-corrected chi connectivity index (χ3v) is 3.76. The smallest absolute Gasteiger partial charge is 0.138 e. The van der Waals surface area contributed by atoms with E-state index in [1.807, 2.05) is 0 Å². The van der Waals surface area contributed by atoms with Crippen molar-refractivity contribution >= 4 is 0 Å². The van der Waals surface area contributed by atoms with E-state index >= 15 is 0 Å². The molecule has 2 rings (SSSR count). The fourth-order valence-electron chi connectivity index (χ4n) is 2.45. The van der Waals surface area contributed by atoms with E-state index in [9.17, 15) is 9.50 Å². The summed E-state index contributed by atoms with van der Waals surface area (Å²) in [5.74, 6) is 0.411. The first-order valence-electron chi connectivity index (χ1n) is 7.09. The summed E-state index contributed by atoms with van der Waals surface area (Å²) in [4.78, 5) is 4.25. The molecule has 2 aromatic rings. The van der Waals surface area contributed by atoms with E-state index < -0.39 is 5.41 Å². The number of aryl methyl sites for hydroxylation is 1. The molecule has 0 saturated carbocycles. The van der Waals surface area contributed by atoms with Crippen molar-refractivity contribution in [3.63, 3.8) is 0 Å². The molecule has 0 saturated heterocycles. The molecule has 0 bridgehead atoms. The van der Waals surface area contributed by atoms with Crippen LogP contribution in [0.5, 0.6) is 0 Å². The summed E-state index contributed by atoms with van der Waals surface area (Å²) >= 11 is 0. The van der Waals surface area contributed by atoms with Crippen LogP contribution in [-0.4, -0.2) is 33.0 Å². The van der Waals surface area contributed by atoms with Gasteiger partial charge in [-0.2, -0.15) is 5.10 Å². The molecule has 6 heteroatoms. The fourth-order valence-corrected chi connectivity index (χ4v) is 2.45. The van der Waals surface area contributed by atoms with E-state index in [0.717, 1.165) is 18.8 Å². The molecule has 3 N–H and O–H groups in total. The van der Waals surface area contributed by atoms with Crippen molar-refractivity contribution in [1.82, 2.24) is 14.8 Å². The summed E-state index contributed by atoms with van der Waals surface area (Å²) in [6, 6.07) is 6.21. The largest absolute Gasteiger partial charge is 0.395 e. The number of aliphatic hydroxyl groups is 1. The molecule has 0 aliphatic carbocycles. The standard InChI is InChI=1S/C15H21FN4O/c1-2-6-20-14(18-11-19-20)8-15(9-17,10-21)12-4-3-5-13(16)7-12/h3-5,7,11,21H,2,6,8-10,17H2,1H3. The molecular weight excluding hydrogens is 271 g/mol. The summed E-state index contributed by atoms with van der Waals surface area (Å²) in [5.41, 5.74) is 5.83. The predicted molar refractivity (Wildman–Crippen MR) is 78.2 cm³/mol. The molecule has 0 spiro atoms. The predicted octanol–water partition coefficient (Wildman–Crippen LogP) is 1.26. The highest BCUT2D eigenvalue weighted by Crippen LogP contribution is 2.27. The maximum absolute atomic E-state index is 13.5. The Labute approximate surface area is 123 Å². The highest BCUT2D eigenvalue weighted by Gasteiger charge is 2.32. The molecule has 21 heavy (non-hydrogen) atoms. The van der Waals surface area contributed by atoms with Crippen LogP contribution in [0.15, 0.2) is 30.6 Å². The molecule has 5 nitrogen and oxygen atoms in total. The number of aliphatic hydroxyl groups excluding tert-OH is 1. The highest BCUT2D eigenvalue weighted by atomic mass is 19.1. The Bertz CT molecular complexity index is 581. The van der Waals surface area contributed by atoms with Crippen LogP contribution in [0, 0.1) is 5.82 Å². The van der Waals surface area contributed by atoms with Gasteiger partial charge in [0.1, 0.15) is 18.0 Å². The van der Waals surface area contributed by atoms with Gasteiger partial charge in [0.25, 0.3) is 0 Å². The minimum absolute atomic E-state index is 0.175. The lowest BCUT2D eigenvalue weighted by molar-refractivity contribution is 0.192. The third kappa shape index (κ3) is 3.28. The number of aromatic nitrogens is 3. The molecular formula is C15H21FN4O. The zero-order valence-corrected chi connectivity index (χ0v) is 12.2. The summed E-state index contributed by atoms with van der Waals surface area (Å²) in [5, 5.41) is 14.1. The summed E-state index contributed by atoms with van der Waals surface area (Å²) < 4.78 is 15.3. The van der Waals surface area contributed by atoms with E-state index in [2.05, 4.69) is 17.0 Å². The SMILES string of the molecule is CCCn1ncnc1CC(CN)(CO)c1cccc(F)c1. The van der Waals surface area contributed by atoms with Crippen LogP contribution in [0.1, 0.15) is 24.7 Å². The van der Waals surface area contributed by atoms with Crippen LogP contribution in [-0.2, 0) is 18.4 Å². The van der Waals surface area contributed by atoms with Gasteiger partial charge in [-0.15, -0.1) is 0 Å². The van der Waals surface area contributed by atoms with E-state index in [0.29, 0.717) is 12.0 Å². The lowest BCUT2D eigenvalue weighted by Gasteiger charge is -2.30. The minimum atomic E-state index is -0.749. The van der Waals surface area contributed by atoms with Gasteiger partial charge in [-0.25, -0.2) is 9.37 Å². The maximum Gasteiger partial charge on any atom is 0.138 e. The number of halogens is 1. The zero-order chi connectivity index (χ0) is 15.3. The van der Waals surface area contributed by atoms with Crippen molar-refractivity contribution in [2.75, 3.05) is 13.2 Å². The quantitative estimate of drug-likeness (QED) is 0.805. The van der Waals surface area contributed by atoms with E-state index in [-0.39, 0.29) is 19.0 Å². The van der Waals surface area contributed by atoms with Crippen molar-refractivity contribution in [2.24, 2.45) is 5.73 Å². The topological polar surface area (TPSA) is 77.0 Å². The average molecular weight is 292 g/mol. The minimum Gasteiger partial charge on any atom is -0.395 e. The number of hydrogen-bond acceptors (Lipinski definition) is 4. The first-order chi connectivity index (χ1) is 10.1. The van der Waals surface area contributed by atoms with Crippen molar-refractivity contribution in [1.29, 1.82) is 0 Å². The number of nitrogens with zero attached hydrogens (tertiary/aromatic N) is 3. The number of hydrogen-bond donors (Lipinski definition) is 2. The van der Waals surface area contributed by atoms with Crippen molar-refractivity contribution in [2.45, 2.75) is 31.7 Å². The third-order valence-electron chi connectivity index (χ3n) is 3.76. The molecule has 1 heterocycles. The highest BCUT2D eigenvalue weighted by molar-refractivity contribution is 5.28. The Morgan fingerprint density at radius 2 is 2.24 bits per heavy atom. The van der Waals surface area contributed by atoms with Gasteiger partial charge >= 0.3 is 0 Å². The van der Waals surface area contributed by atoms with Gasteiger partial charge in [-0.1, -0.05) is 19.1 Å². The van der Waals surface area contributed by atoms with Gasteiger partial charge in [0.15, 0.2) is 0 Å². The van der Waals surface area contributed by atoms with Gasteiger partial charge in [0.2, 0.25) is 0 Å². The summed E-state index contributed by atoms with van der Waals surface area (Å²) in [6.45, 7) is 2.84.